The van der Waals surface area contributed by atoms with Gasteiger partial charge >= 0.3 is 0 Å². The highest BCUT2D eigenvalue weighted by molar-refractivity contribution is 5.24. The van der Waals surface area contributed by atoms with Gasteiger partial charge in [0.05, 0.1) is 6.04 Å². The van der Waals surface area contributed by atoms with Gasteiger partial charge in [-0.05, 0) is 20.2 Å². The average molecular weight is 255 g/mol. The van der Waals surface area contributed by atoms with Crippen LogP contribution in [-0.4, -0.2) is 44.7 Å². The van der Waals surface area contributed by atoms with Crippen molar-refractivity contribution in [1.29, 1.82) is 0 Å². The van der Waals surface area contributed by atoms with E-state index in [4.69, 9.17) is 0 Å². The molecule has 1 aliphatic heterocycles. The van der Waals surface area contributed by atoms with Crippen LogP contribution in [0, 0.1) is 11.6 Å². The Labute approximate surface area is 106 Å². The molecular formula is C13H19F2N3. The molecule has 0 aliphatic carbocycles. The highest BCUT2D eigenvalue weighted by Crippen LogP contribution is 2.22. The quantitative estimate of drug-likeness (QED) is 0.848. The minimum absolute atomic E-state index is 0.119. The lowest BCUT2D eigenvalue weighted by molar-refractivity contribution is 0.208. The molecule has 2 rings (SSSR count). The van der Waals surface area contributed by atoms with Gasteiger partial charge in [-0.25, -0.2) is 8.78 Å². The molecule has 1 aliphatic rings. The van der Waals surface area contributed by atoms with Gasteiger partial charge in [-0.3, -0.25) is 0 Å². The van der Waals surface area contributed by atoms with Gasteiger partial charge in [-0.1, -0.05) is 6.07 Å². The zero-order valence-electron chi connectivity index (χ0n) is 10.7. The zero-order chi connectivity index (χ0) is 13.1. The average Bonchev–Trinajstić information content (AvgIpc) is 2.33. The number of halogens is 2. The second kappa shape index (κ2) is 5.73. The predicted octanol–water partition coefficient (Wildman–Crippen LogP) is 1.13. The third kappa shape index (κ3) is 2.85. The number of hydrogen-bond donors (Lipinski definition) is 2. The summed E-state index contributed by atoms with van der Waals surface area (Å²) in [6.45, 7) is 2.70. The lowest BCUT2D eigenvalue weighted by atomic mass is 9.97. The van der Waals surface area contributed by atoms with Crippen molar-refractivity contribution in [2.45, 2.75) is 12.1 Å². The SMILES string of the molecule is CNC(c1ccc(F)cc1F)C1CN(C)CCN1. The minimum Gasteiger partial charge on any atom is -0.312 e. The summed E-state index contributed by atoms with van der Waals surface area (Å²) in [6, 6.07) is 3.71. The number of likely N-dealkylation sites (N-methyl/N-ethyl adjacent to an activating group) is 2. The van der Waals surface area contributed by atoms with Crippen LogP contribution in [0.5, 0.6) is 0 Å². The molecule has 1 heterocycles. The molecule has 3 nitrogen and oxygen atoms in total. The number of benzene rings is 1. The standard InChI is InChI=1S/C13H19F2N3/c1-16-13(12-8-18(2)6-5-17-12)10-4-3-9(14)7-11(10)15/h3-4,7,12-13,16-17H,5-6,8H2,1-2H3. The maximum absolute atomic E-state index is 13.8. The lowest BCUT2D eigenvalue weighted by Crippen LogP contribution is -2.54. The van der Waals surface area contributed by atoms with Gasteiger partial charge in [0.2, 0.25) is 0 Å². The van der Waals surface area contributed by atoms with Crippen molar-refractivity contribution < 1.29 is 8.78 Å². The fourth-order valence-corrected chi connectivity index (χ4v) is 2.48. The molecule has 1 fully saturated rings. The number of nitrogens with zero attached hydrogens (tertiary/aromatic N) is 1. The maximum Gasteiger partial charge on any atom is 0.130 e. The van der Waals surface area contributed by atoms with E-state index in [9.17, 15) is 8.78 Å². The first-order valence-electron chi connectivity index (χ1n) is 6.16. The van der Waals surface area contributed by atoms with Crippen molar-refractivity contribution in [1.82, 2.24) is 15.5 Å². The van der Waals surface area contributed by atoms with Crippen molar-refractivity contribution in [3.05, 3.63) is 35.4 Å². The molecule has 1 aromatic rings. The monoisotopic (exact) mass is 255 g/mol. The molecule has 0 radical (unpaired) electrons. The van der Waals surface area contributed by atoms with Gasteiger partial charge in [0.1, 0.15) is 11.6 Å². The Morgan fingerprint density at radius 1 is 1.44 bits per heavy atom. The van der Waals surface area contributed by atoms with Crippen LogP contribution in [0.3, 0.4) is 0 Å². The fraction of sp³-hybridized carbons (Fsp3) is 0.538. The van der Waals surface area contributed by atoms with Gasteiger partial charge < -0.3 is 15.5 Å². The first kappa shape index (κ1) is 13.4. The highest BCUT2D eigenvalue weighted by atomic mass is 19.1. The Bertz CT molecular complexity index is 411. The Hall–Kier alpha value is -1.04. The Morgan fingerprint density at radius 2 is 2.22 bits per heavy atom. The van der Waals surface area contributed by atoms with Gasteiger partial charge in [0.15, 0.2) is 0 Å². The third-order valence-electron chi connectivity index (χ3n) is 3.42. The molecule has 2 N–H and O–H groups in total. The number of rotatable bonds is 3. The molecule has 5 heteroatoms. The van der Waals surface area contributed by atoms with E-state index in [0.717, 1.165) is 25.7 Å². The van der Waals surface area contributed by atoms with Crippen LogP contribution in [0.25, 0.3) is 0 Å². The van der Waals surface area contributed by atoms with E-state index in [1.807, 2.05) is 7.05 Å². The summed E-state index contributed by atoms with van der Waals surface area (Å²) in [5, 5.41) is 6.49. The summed E-state index contributed by atoms with van der Waals surface area (Å²) in [5.74, 6) is -1.04. The molecule has 0 bridgehead atoms. The molecule has 0 saturated carbocycles. The summed E-state index contributed by atoms with van der Waals surface area (Å²) in [4.78, 5) is 2.20. The van der Waals surface area contributed by atoms with Crippen LogP contribution in [0.2, 0.25) is 0 Å². The van der Waals surface area contributed by atoms with Crippen LogP contribution in [-0.2, 0) is 0 Å². The van der Waals surface area contributed by atoms with Crippen LogP contribution in [0.15, 0.2) is 18.2 Å². The molecule has 18 heavy (non-hydrogen) atoms. The normalized spacial score (nSPS) is 23.0. The van der Waals surface area contributed by atoms with Crippen molar-refractivity contribution in [3.8, 4) is 0 Å². The molecule has 100 valence electrons. The van der Waals surface area contributed by atoms with Crippen LogP contribution < -0.4 is 10.6 Å². The minimum atomic E-state index is -0.542. The molecule has 0 aromatic heterocycles. The first-order chi connectivity index (χ1) is 8.61. The number of piperazine rings is 1. The molecule has 2 unspecified atom stereocenters. The highest BCUT2D eigenvalue weighted by Gasteiger charge is 2.27. The summed E-state index contributed by atoms with van der Waals surface area (Å²) in [6.07, 6.45) is 0. The zero-order valence-corrected chi connectivity index (χ0v) is 10.7. The second-order valence-corrected chi connectivity index (χ2v) is 4.76. The van der Waals surface area contributed by atoms with Crippen molar-refractivity contribution in [2.24, 2.45) is 0 Å². The number of hydrogen-bond acceptors (Lipinski definition) is 3. The Balaban J connectivity index is 2.21. The third-order valence-corrected chi connectivity index (χ3v) is 3.42. The van der Waals surface area contributed by atoms with E-state index in [1.54, 1.807) is 7.05 Å². The molecular weight excluding hydrogens is 236 g/mol. The number of nitrogens with one attached hydrogen (secondary N) is 2. The van der Waals surface area contributed by atoms with Crippen LogP contribution in [0.1, 0.15) is 11.6 Å². The smallest absolute Gasteiger partial charge is 0.130 e. The van der Waals surface area contributed by atoms with Crippen molar-refractivity contribution >= 4 is 0 Å². The van der Waals surface area contributed by atoms with E-state index in [-0.39, 0.29) is 12.1 Å². The summed E-state index contributed by atoms with van der Waals surface area (Å²) in [5.41, 5.74) is 0.506. The summed E-state index contributed by atoms with van der Waals surface area (Å²) in [7, 11) is 3.84. The lowest BCUT2D eigenvalue weighted by Gasteiger charge is -2.36. The maximum atomic E-state index is 13.8. The molecule has 1 aromatic carbocycles. The van der Waals surface area contributed by atoms with Crippen LogP contribution in [0.4, 0.5) is 8.78 Å². The molecule has 2 atom stereocenters. The van der Waals surface area contributed by atoms with Gasteiger partial charge in [-0.15, -0.1) is 0 Å². The van der Waals surface area contributed by atoms with Crippen molar-refractivity contribution in [3.63, 3.8) is 0 Å². The molecule has 0 amide bonds. The van der Waals surface area contributed by atoms with Gasteiger partial charge in [-0.2, -0.15) is 0 Å². The summed E-state index contributed by atoms with van der Waals surface area (Å²) >= 11 is 0. The van der Waals surface area contributed by atoms with E-state index in [1.165, 1.54) is 12.1 Å². The van der Waals surface area contributed by atoms with E-state index >= 15 is 0 Å². The summed E-state index contributed by atoms with van der Waals surface area (Å²) < 4.78 is 26.8. The first-order valence-corrected chi connectivity index (χ1v) is 6.16. The Morgan fingerprint density at radius 3 is 2.83 bits per heavy atom. The van der Waals surface area contributed by atoms with Crippen molar-refractivity contribution in [2.75, 3.05) is 33.7 Å². The van der Waals surface area contributed by atoms with E-state index in [0.29, 0.717) is 5.56 Å². The van der Waals surface area contributed by atoms with Gasteiger partial charge in [0, 0.05) is 37.3 Å². The molecule has 0 spiro atoms. The van der Waals surface area contributed by atoms with E-state index < -0.39 is 11.6 Å². The Kier molecular flexibility index (Phi) is 4.27. The van der Waals surface area contributed by atoms with Gasteiger partial charge in [0.25, 0.3) is 0 Å². The fourth-order valence-electron chi connectivity index (χ4n) is 2.48. The predicted molar refractivity (Wildman–Crippen MR) is 67.4 cm³/mol. The topological polar surface area (TPSA) is 27.3 Å². The largest absolute Gasteiger partial charge is 0.312 e. The second-order valence-electron chi connectivity index (χ2n) is 4.76. The van der Waals surface area contributed by atoms with E-state index in [2.05, 4.69) is 15.5 Å². The van der Waals surface area contributed by atoms with Crippen LogP contribution >= 0.6 is 0 Å². The molecule has 1 saturated heterocycles.